The summed E-state index contributed by atoms with van der Waals surface area (Å²) >= 11 is 6.34. The van der Waals surface area contributed by atoms with Gasteiger partial charge in [0, 0.05) is 13.0 Å². The lowest BCUT2D eigenvalue weighted by Gasteiger charge is -2.16. The normalized spacial score (nSPS) is 12.8. The highest BCUT2D eigenvalue weighted by Gasteiger charge is 2.20. The van der Waals surface area contributed by atoms with E-state index in [0.29, 0.717) is 0 Å². The predicted octanol–water partition coefficient (Wildman–Crippen LogP) is 1.88. The van der Waals surface area contributed by atoms with Crippen LogP contribution in [-0.4, -0.2) is 31.5 Å². The molecule has 2 N–H and O–H groups in total. The number of hydrogen-bond donors (Lipinski definition) is 2. The topological polar surface area (TPSA) is 71.4 Å². The Labute approximate surface area is 117 Å². The summed E-state index contributed by atoms with van der Waals surface area (Å²) in [6, 6.07) is 0.0615. The van der Waals surface area contributed by atoms with Crippen LogP contribution < -0.4 is 5.32 Å². The Balaban J connectivity index is 2.27. The first-order valence-electron chi connectivity index (χ1n) is 6.47. The van der Waals surface area contributed by atoms with Crippen molar-refractivity contribution in [2.24, 2.45) is 0 Å². The number of likely N-dealkylation sites (N-methyl/N-ethyl adjacent to an activating group) is 1. The second-order valence-electron chi connectivity index (χ2n) is 4.35. The number of halogens is 1. The molecule has 1 atom stereocenters. The molecule has 0 fully saturated rings. The zero-order chi connectivity index (χ0) is 13.8. The van der Waals surface area contributed by atoms with Crippen molar-refractivity contribution in [1.29, 1.82) is 0 Å². The molecule has 0 saturated carbocycles. The maximum Gasteiger partial charge on any atom is 0.141 e. The number of nitrogens with zero attached hydrogens (tertiary/aromatic N) is 4. The third-order valence-electron chi connectivity index (χ3n) is 3.06. The smallest absolute Gasteiger partial charge is 0.141 e. The van der Waals surface area contributed by atoms with Gasteiger partial charge in [0.25, 0.3) is 0 Å². The second-order valence-corrected chi connectivity index (χ2v) is 4.72. The van der Waals surface area contributed by atoms with Crippen LogP contribution in [0, 0.1) is 6.92 Å². The molecule has 0 aliphatic carbocycles. The van der Waals surface area contributed by atoms with Crippen molar-refractivity contribution in [3.63, 3.8) is 0 Å². The second kappa shape index (κ2) is 6.16. The molecule has 0 spiro atoms. The molecular weight excluding hydrogens is 264 g/mol. The lowest BCUT2D eigenvalue weighted by atomic mass is 10.1. The molecule has 0 radical (unpaired) electrons. The van der Waals surface area contributed by atoms with Crippen molar-refractivity contribution in [1.82, 2.24) is 30.3 Å². The molecule has 2 aromatic rings. The van der Waals surface area contributed by atoms with E-state index in [2.05, 4.69) is 39.4 Å². The Kier molecular flexibility index (Phi) is 4.55. The lowest BCUT2D eigenvalue weighted by Crippen LogP contribution is -2.25. The van der Waals surface area contributed by atoms with Crippen molar-refractivity contribution in [2.45, 2.75) is 39.8 Å². The van der Waals surface area contributed by atoms with Crippen LogP contribution in [0.2, 0.25) is 5.02 Å². The third kappa shape index (κ3) is 2.96. The van der Waals surface area contributed by atoms with Gasteiger partial charge in [0.2, 0.25) is 0 Å². The van der Waals surface area contributed by atoms with E-state index in [0.717, 1.165) is 41.7 Å². The molecule has 2 aromatic heterocycles. The molecule has 6 nitrogen and oxygen atoms in total. The van der Waals surface area contributed by atoms with Crippen molar-refractivity contribution in [2.75, 3.05) is 6.54 Å². The molecule has 1 unspecified atom stereocenters. The monoisotopic (exact) mass is 282 g/mol. The van der Waals surface area contributed by atoms with Crippen molar-refractivity contribution < 1.29 is 0 Å². The van der Waals surface area contributed by atoms with E-state index in [1.165, 1.54) is 6.33 Å². The number of aromatic amines is 1. The summed E-state index contributed by atoms with van der Waals surface area (Å²) in [5, 5.41) is 15.4. The molecule has 0 aliphatic rings. The van der Waals surface area contributed by atoms with Gasteiger partial charge in [0.15, 0.2) is 0 Å². The Bertz CT molecular complexity index is 519. The number of aromatic nitrogens is 5. The van der Waals surface area contributed by atoms with Gasteiger partial charge in [-0.05, 0) is 20.4 Å². The molecule has 0 saturated heterocycles. The fraction of sp³-hybridized carbons (Fsp3) is 0.583. The quantitative estimate of drug-likeness (QED) is 0.849. The van der Waals surface area contributed by atoms with Crippen LogP contribution in [0.1, 0.15) is 37.1 Å². The van der Waals surface area contributed by atoms with Crippen LogP contribution in [0.5, 0.6) is 0 Å². The van der Waals surface area contributed by atoms with E-state index in [1.54, 1.807) is 0 Å². The maximum atomic E-state index is 6.34. The highest BCUT2D eigenvalue weighted by molar-refractivity contribution is 6.31. The van der Waals surface area contributed by atoms with E-state index in [4.69, 9.17) is 11.6 Å². The number of hydrogen-bond acceptors (Lipinski definition) is 4. The van der Waals surface area contributed by atoms with Gasteiger partial charge in [-0.3, -0.25) is 9.78 Å². The van der Waals surface area contributed by atoms with Gasteiger partial charge in [-0.2, -0.15) is 10.2 Å². The van der Waals surface area contributed by atoms with Crippen LogP contribution in [0.15, 0.2) is 6.33 Å². The van der Waals surface area contributed by atoms with Gasteiger partial charge in [0.1, 0.15) is 12.2 Å². The summed E-state index contributed by atoms with van der Waals surface area (Å²) in [4.78, 5) is 4.22. The molecule has 19 heavy (non-hydrogen) atoms. The molecule has 2 rings (SSSR count). The summed E-state index contributed by atoms with van der Waals surface area (Å²) < 4.78 is 1.94. The first-order chi connectivity index (χ1) is 9.17. The highest BCUT2D eigenvalue weighted by atomic mass is 35.5. The number of rotatable bonds is 6. The van der Waals surface area contributed by atoms with Crippen LogP contribution in [-0.2, 0) is 13.0 Å². The molecule has 2 heterocycles. The molecule has 104 valence electrons. The molecule has 7 heteroatoms. The zero-order valence-electron chi connectivity index (χ0n) is 11.4. The SMILES string of the molecule is CCNC(Cc1c(Cl)c(C)nn1CC)c1ncn[nH]1. The Morgan fingerprint density at radius 2 is 2.26 bits per heavy atom. The minimum absolute atomic E-state index is 0.0615. The summed E-state index contributed by atoms with van der Waals surface area (Å²) in [5.74, 6) is 0.819. The van der Waals surface area contributed by atoms with E-state index >= 15 is 0 Å². The van der Waals surface area contributed by atoms with Gasteiger partial charge in [-0.25, -0.2) is 4.98 Å². The van der Waals surface area contributed by atoms with Gasteiger partial charge in [-0.1, -0.05) is 18.5 Å². The van der Waals surface area contributed by atoms with Crippen LogP contribution in [0.4, 0.5) is 0 Å². The summed E-state index contributed by atoms with van der Waals surface area (Å²) in [7, 11) is 0. The van der Waals surface area contributed by atoms with Crippen molar-refractivity contribution >= 4 is 11.6 Å². The van der Waals surface area contributed by atoms with Crippen molar-refractivity contribution in [3.05, 3.63) is 28.6 Å². The fourth-order valence-corrected chi connectivity index (χ4v) is 2.36. The van der Waals surface area contributed by atoms with E-state index in [9.17, 15) is 0 Å². The van der Waals surface area contributed by atoms with Crippen LogP contribution in [0.25, 0.3) is 0 Å². The molecule has 0 amide bonds. The summed E-state index contributed by atoms with van der Waals surface area (Å²) in [6.07, 6.45) is 2.25. The highest BCUT2D eigenvalue weighted by Crippen LogP contribution is 2.24. The predicted molar refractivity (Wildman–Crippen MR) is 74.2 cm³/mol. The average Bonchev–Trinajstić information content (AvgIpc) is 3.01. The Morgan fingerprint density at radius 3 is 2.84 bits per heavy atom. The largest absolute Gasteiger partial charge is 0.307 e. The molecular formula is C12H19ClN6. The minimum Gasteiger partial charge on any atom is -0.307 e. The lowest BCUT2D eigenvalue weighted by molar-refractivity contribution is 0.496. The number of nitrogens with one attached hydrogen (secondary N) is 2. The summed E-state index contributed by atoms with van der Waals surface area (Å²) in [5.41, 5.74) is 1.90. The fourth-order valence-electron chi connectivity index (χ4n) is 2.15. The maximum absolute atomic E-state index is 6.34. The number of aryl methyl sites for hydroxylation is 2. The van der Waals surface area contributed by atoms with Crippen molar-refractivity contribution in [3.8, 4) is 0 Å². The molecule has 0 aromatic carbocycles. The molecule has 0 aliphatic heterocycles. The summed E-state index contributed by atoms with van der Waals surface area (Å²) in [6.45, 7) is 7.70. The third-order valence-corrected chi connectivity index (χ3v) is 3.56. The van der Waals surface area contributed by atoms with Gasteiger partial charge in [0.05, 0.1) is 22.5 Å². The number of H-pyrrole nitrogens is 1. The van der Waals surface area contributed by atoms with E-state index in [-0.39, 0.29) is 6.04 Å². The standard InChI is InChI=1S/C12H19ClN6/c1-4-14-9(12-15-7-16-17-12)6-10-11(13)8(3)18-19(10)5-2/h7,9,14H,4-6H2,1-3H3,(H,15,16,17). The average molecular weight is 283 g/mol. The van der Waals surface area contributed by atoms with Gasteiger partial charge >= 0.3 is 0 Å². The minimum atomic E-state index is 0.0615. The van der Waals surface area contributed by atoms with Gasteiger partial charge in [-0.15, -0.1) is 0 Å². The Hall–Kier alpha value is -1.40. The zero-order valence-corrected chi connectivity index (χ0v) is 12.2. The Morgan fingerprint density at radius 1 is 1.47 bits per heavy atom. The van der Waals surface area contributed by atoms with Crippen LogP contribution in [0.3, 0.4) is 0 Å². The first-order valence-corrected chi connectivity index (χ1v) is 6.85. The van der Waals surface area contributed by atoms with Crippen LogP contribution >= 0.6 is 11.6 Å². The van der Waals surface area contributed by atoms with E-state index in [1.807, 2.05) is 11.6 Å². The first kappa shape index (κ1) is 14.0. The molecule has 0 bridgehead atoms. The van der Waals surface area contributed by atoms with Gasteiger partial charge < -0.3 is 5.32 Å². The van der Waals surface area contributed by atoms with E-state index < -0.39 is 0 Å².